The van der Waals surface area contributed by atoms with Crippen molar-refractivity contribution < 1.29 is 27.1 Å². The normalized spacial score (nSPS) is 20.4. The number of hydrogen-bond donors (Lipinski definition) is 2. The largest absolute Gasteiger partial charge is 0.396 e. The molecule has 2 aromatic rings. The van der Waals surface area contributed by atoms with E-state index in [1.807, 2.05) is 0 Å². The van der Waals surface area contributed by atoms with Gasteiger partial charge in [-0.1, -0.05) is 0 Å². The number of aliphatic hydroxyl groups is 1. The van der Waals surface area contributed by atoms with Crippen LogP contribution in [0.4, 0.5) is 26.0 Å². The van der Waals surface area contributed by atoms with Gasteiger partial charge in [0.2, 0.25) is 0 Å². The van der Waals surface area contributed by atoms with Gasteiger partial charge in [0.05, 0.1) is 21.9 Å². The van der Waals surface area contributed by atoms with Crippen LogP contribution in [-0.2, 0) is 9.84 Å². The lowest BCUT2D eigenvalue weighted by Crippen LogP contribution is -2.39. The first-order valence-corrected chi connectivity index (χ1v) is 14.9. The fraction of sp³-hybridized carbons (Fsp3) is 0.556. The molecule has 1 amide bonds. The highest BCUT2D eigenvalue weighted by atomic mass is 32.2. The highest BCUT2D eigenvalue weighted by Gasteiger charge is 2.44. The van der Waals surface area contributed by atoms with Gasteiger partial charge < -0.3 is 20.2 Å². The number of carbonyl (C=O) groups excluding carboxylic acids is 1. The van der Waals surface area contributed by atoms with Crippen LogP contribution in [0, 0.1) is 5.41 Å². The number of nitrogens with one attached hydrogen (secondary N) is 1. The van der Waals surface area contributed by atoms with Gasteiger partial charge in [-0.3, -0.25) is 4.79 Å². The molecule has 206 valence electrons. The van der Waals surface area contributed by atoms with E-state index in [0.29, 0.717) is 28.2 Å². The molecule has 38 heavy (non-hydrogen) atoms. The number of carbonyl (C=O) groups is 1. The fourth-order valence-corrected chi connectivity index (χ4v) is 6.67. The Morgan fingerprint density at radius 2 is 1.66 bits per heavy atom. The topological polar surface area (TPSA) is 103 Å². The van der Waals surface area contributed by atoms with Crippen molar-refractivity contribution in [3.05, 3.63) is 42.1 Å². The molecule has 0 bridgehead atoms. The summed E-state index contributed by atoms with van der Waals surface area (Å²) in [4.78, 5) is 21.8. The Morgan fingerprint density at radius 3 is 2.32 bits per heavy atom. The Balaban J connectivity index is 1.38. The lowest BCUT2D eigenvalue weighted by molar-refractivity contribution is -0.0221. The molecule has 2 N–H and O–H groups in total. The van der Waals surface area contributed by atoms with E-state index in [1.54, 1.807) is 29.2 Å². The predicted octanol–water partition coefficient (Wildman–Crippen LogP) is 4.11. The molecule has 1 spiro atoms. The van der Waals surface area contributed by atoms with E-state index in [1.165, 1.54) is 25.1 Å². The van der Waals surface area contributed by atoms with Gasteiger partial charge >= 0.3 is 0 Å². The second kappa shape index (κ2) is 10.4. The first kappa shape index (κ1) is 26.8. The minimum Gasteiger partial charge on any atom is -0.396 e. The smallest absolute Gasteiger partial charge is 0.257 e. The number of halogens is 2. The summed E-state index contributed by atoms with van der Waals surface area (Å²) in [5.74, 6) is -2.69. The van der Waals surface area contributed by atoms with Crippen LogP contribution in [0.25, 0.3) is 0 Å². The maximum absolute atomic E-state index is 13.6. The molecule has 1 aromatic heterocycles. The van der Waals surface area contributed by atoms with Crippen LogP contribution >= 0.6 is 0 Å². The number of sulfone groups is 1. The Kier molecular flexibility index (Phi) is 7.34. The summed E-state index contributed by atoms with van der Waals surface area (Å²) in [6.07, 6.45) is 5.68. The van der Waals surface area contributed by atoms with Crippen molar-refractivity contribution in [3.63, 3.8) is 0 Å². The van der Waals surface area contributed by atoms with Crippen molar-refractivity contribution in [2.24, 2.45) is 5.41 Å². The molecule has 1 aromatic carbocycles. The summed E-state index contributed by atoms with van der Waals surface area (Å²) in [6, 6.07) is 7.89. The second-order valence-electron chi connectivity index (χ2n) is 10.8. The van der Waals surface area contributed by atoms with E-state index in [0.717, 1.165) is 25.9 Å². The number of anilines is 3. The maximum Gasteiger partial charge on any atom is 0.257 e. The molecule has 1 aliphatic carbocycles. The molecule has 3 aliphatic rings. The van der Waals surface area contributed by atoms with Crippen molar-refractivity contribution in [1.82, 2.24) is 4.98 Å². The third-order valence-electron chi connectivity index (χ3n) is 8.09. The Bertz CT molecular complexity index is 1280. The summed E-state index contributed by atoms with van der Waals surface area (Å²) >= 11 is 0. The van der Waals surface area contributed by atoms with E-state index in [9.17, 15) is 22.0 Å². The first-order valence-electron chi connectivity index (χ1n) is 13.2. The van der Waals surface area contributed by atoms with Gasteiger partial charge in [0.25, 0.3) is 11.8 Å². The van der Waals surface area contributed by atoms with Gasteiger partial charge in [-0.2, -0.15) is 0 Å². The highest BCUT2D eigenvalue weighted by molar-refractivity contribution is 7.91. The lowest BCUT2D eigenvalue weighted by atomic mass is 9.93. The van der Waals surface area contributed by atoms with E-state index in [2.05, 4.69) is 15.2 Å². The predicted molar refractivity (Wildman–Crippen MR) is 142 cm³/mol. The molecule has 3 heterocycles. The molecule has 2 saturated heterocycles. The van der Waals surface area contributed by atoms with E-state index in [4.69, 9.17) is 5.11 Å². The number of aliphatic hydroxyl groups excluding tert-OH is 1. The third-order valence-corrected chi connectivity index (χ3v) is 9.89. The number of aromatic nitrogens is 1. The number of piperidine rings is 2. The average Bonchev–Trinajstić information content (AvgIpc) is 3.66. The van der Waals surface area contributed by atoms with Crippen molar-refractivity contribution in [1.29, 1.82) is 0 Å². The second-order valence-corrected chi connectivity index (χ2v) is 12.9. The van der Waals surface area contributed by atoms with Crippen LogP contribution in [0.15, 0.2) is 41.4 Å². The average molecular weight is 549 g/mol. The molecule has 11 heteroatoms. The minimum absolute atomic E-state index is 0.136. The van der Waals surface area contributed by atoms with E-state index in [-0.39, 0.29) is 55.5 Å². The summed E-state index contributed by atoms with van der Waals surface area (Å²) in [7, 11) is -3.61. The molecule has 2 aliphatic heterocycles. The van der Waals surface area contributed by atoms with E-state index < -0.39 is 15.8 Å². The molecular formula is C27H34F2N4O4S. The van der Waals surface area contributed by atoms with Crippen molar-refractivity contribution in [3.8, 4) is 0 Å². The number of hydrogen-bond acceptors (Lipinski definition) is 7. The van der Waals surface area contributed by atoms with Gasteiger partial charge in [0.15, 0.2) is 9.84 Å². The molecule has 0 radical (unpaired) electrons. The SMILES string of the molecule is O=C(Nc1ccnc(N2CCC(F)(F)CC2)c1)c1ccc(S(=O)(=O)CCCO)cc1N1CCC2(CC1)CC2. The molecule has 8 nitrogen and oxygen atoms in total. The third kappa shape index (κ3) is 5.93. The molecule has 0 atom stereocenters. The van der Waals surface area contributed by atoms with Gasteiger partial charge in [-0.25, -0.2) is 22.2 Å². The summed E-state index contributed by atoms with van der Waals surface area (Å²) < 4.78 is 52.9. The van der Waals surface area contributed by atoms with Crippen LogP contribution in [0.3, 0.4) is 0 Å². The molecular weight excluding hydrogens is 514 g/mol. The van der Waals surface area contributed by atoms with Crippen molar-refractivity contribution >= 4 is 32.9 Å². The molecule has 5 rings (SSSR count). The summed E-state index contributed by atoms with van der Waals surface area (Å²) in [5, 5.41) is 12.0. The highest BCUT2D eigenvalue weighted by Crippen LogP contribution is 2.54. The van der Waals surface area contributed by atoms with Gasteiger partial charge in [0, 0.05) is 63.6 Å². The monoisotopic (exact) mass is 548 g/mol. The zero-order chi connectivity index (χ0) is 27.0. The molecule has 1 saturated carbocycles. The minimum atomic E-state index is -3.61. The number of nitrogens with zero attached hydrogens (tertiary/aromatic N) is 3. The van der Waals surface area contributed by atoms with Crippen LogP contribution in [-0.4, -0.2) is 68.9 Å². The zero-order valence-corrected chi connectivity index (χ0v) is 22.2. The number of rotatable bonds is 8. The van der Waals surface area contributed by atoms with Gasteiger partial charge in [-0.05, 0) is 61.8 Å². The molecule has 0 unspecified atom stereocenters. The van der Waals surface area contributed by atoms with Crippen LogP contribution in [0.5, 0.6) is 0 Å². The zero-order valence-electron chi connectivity index (χ0n) is 21.3. The summed E-state index contributed by atoms with van der Waals surface area (Å²) in [6.45, 7) is 1.65. The van der Waals surface area contributed by atoms with Crippen LogP contribution in [0.1, 0.15) is 55.3 Å². The number of amides is 1. The fourth-order valence-electron chi connectivity index (χ4n) is 5.36. The number of benzene rings is 1. The standard InChI is InChI=1S/C27H34F2N4O4S/c28-27(29)9-14-33(15-10-27)24-18-20(4-11-30-24)31-25(35)22-3-2-21(38(36,37)17-1-16-34)19-23(22)32-12-7-26(5-6-26)8-13-32/h2-4,11,18-19,34H,1,5-10,12-17H2,(H,30,31,35). The van der Waals surface area contributed by atoms with Gasteiger partial charge in [-0.15, -0.1) is 0 Å². The quantitative estimate of drug-likeness (QED) is 0.512. The number of alkyl halides is 2. The molecule has 3 fully saturated rings. The maximum atomic E-state index is 13.6. The van der Waals surface area contributed by atoms with Crippen molar-refractivity contribution in [2.75, 3.05) is 53.7 Å². The van der Waals surface area contributed by atoms with E-state index >= 15 is 0 Å². The lowest BCUT2D eigenvalue weighted by Gasteiger charge is -2.35. The Morgan fingerprint density at radius 1 is 0.974 bits per heavy atom. The Labute approximate surface area is 222 Å². The van der Waals surface area contributed by atoms with Crippen LogP contribution < -0.4 is 15.1 Å². The Hall–Kier alpha value is -2.79. The summed E-state index contributed by atoms with van der Waals surface area (Å²) in [5.41, 5.74) is 1.85. The van der Waals surface area contributed by atoms with Gasteiger partial charge in [0.1, 0.15) is 5.82 Å². The number of pyridine rings is 1. The first-order chi connectivity index (χ1) is 18.1. The van der Waals surface area contributed by atoms with Crippen LogP contribution in [0.2, 0.25) is 0 Å². The van der Waals surface area contributed by atoms with Crippen molar-refractivity contribution in [2.45, 2.75) is 55.8 Å².